The summed E-state index contributed by atoms with van der Waals surface area (Å²) in [5, 5.41) is 19.2. The Morgan fingerprint density at radius 3 is 2.31 bits per heavy atom. The molecule has 0 spiro atoms. The molecule has 1 unspecified atom stereocenters. The molecule has 1 atom stereocenters. The fourth-order valence-electron chi connectivity index (χ4n) is 2.67. The molecule has 0 fully saturated rings. The molecule has 2 aromatic rings. The molecular formula is C20H26N4O4S. The van der Waals surface area contributed by atoms with Gasteiger partial charge in [0, 0.05) is 18.0 Å². The van der Waals surface area contributed by atoms with Gasteiger partial charge in [0.2, 0.25) is 11.8 Å². The largest absolute Gasteiger partial charge is 0.465 e. The minimum atomic E-state index is -1.24. The highest BCUT2D eigenvalue weighted by Gasteiger charge is 2.32. The van der Waals surface area contributed by atoms with E-state index < -0.39 is 23.5 Å². The molecular weight excluding hydrogens is 392 g/mol. The molecule has 29 heavy (non-hydrogen) atoms. The molecule has 9 heteroatoms. The highest BCUT2D eigenvalue weighted by atomic mass is 32.1. The Kier molecular flexibility index (Phi) is 7.33. The van der Waals surface area contributed by atoms with Crippen LogP contribution in [0.2, 0.25) is 0 Å². The molecule has 0 bridgehead atoms. The summed E-state index contributed by atoms with van der Waals surface area (Å²) < 4.78 is 0. The average molecular weight is 419 g/mol. The van der Waals surface area contributed by atoms with Crippen molar-refractivity contribution < 1.29 is 19.5 Å². The number of aryl methyl sites for hydroxylation is 2. The van der Waals surface area contributed by atoms with Gasteiger partial charge in [-0.2, -0.15) is 0 Å². The van der Waals surface area contributed by atoms with Crippen LogP contribution in [0, 0.1) is 5.41 Å². The van der Waals surface area contributed by atoms with Gasteiger partial charge in [-0.3, -0.25) is 9.59 Å². The van der Waals surface area contributed by atoms with Crippen LogP contribution in [-0.4, -0.2) is 34.0 Å². The summed E-state index contributed by atoms with van der Waals surface area (Å²) >= 11 is 1.39. The monoisotopic (exact) mass is 418 g/mol. The number of thiazole rings is 1. The Balaban J connectivity index is 1.93. The number of aromatic nitrogens is 1. The Morgan fingerprint density at radius 2 is 1.76 bits per heavy atom. The van der Waals surface area contributed by atoms with E-state index in [2.05, 4.69) is 20.9 Å². The standard InChI is InChI=1S/C20H26N4O4S/c1-12(25)21-18-23-15(11-29-18)10-7-13-5-8-14(9-6-13)22-17(26)16(20(2,3)4)24-19(27)28/h5-6,8-9,11,16,24H,7,10H2,1-4H3,(H,22,26)(H,27,28)(H,21,23,25). The second-order valence-electron chi connectivity index (χ2n) is 7.76. The molecule has 0 aliphatic heterocycles. The first-order valence-corrected chi connectivity index (χ1v) is 10.0. The van der Waals surface area contributed by atoms with Gasteiger partial charge >= 0.3 is 6.09 Å². The number of rotatable bonds is 7. The molecule has 4 N–H and O–H groups in total. The second-order valence-corrected chi connectivity index (χ2v) is 8.62. The van der Waals surface area contributed by atoms with E-state index in [-0.39, 0.29) is 5.91 Å². The van der Waals surface area contributed by atoms with Gasteiger partial charge in [0.15, 0.2) is 5.13 Å². The van der Waals surface area contributed by atoms with Crippen molar-refractivity contribution in [3.8, 4) is 0 Å². The Morgan fingerprint density at radius 1 is 1.10 bits per heavy atom. The molecule has 0 radical (unpaired) electrons. The number of carbonyl (C=O) groups excluding carboxylic acids is 2. The van der Waals surface area contributed by atoms with Crippen LogP contribution in [0.25, 0.3) is 0 Å². The number of nitrogens with zero attached hydrogens (tertiary/aromatic N) is 1. The molecule has 3 amide bonds. The molecule has 0 aliphatic carbocycles. The molecule has 156 valence electrons. The third kappa shape index (κ3) is 7.19. The van der Waals surface area contributed by atoms with Gasteiger partial charge in [-0.15, -0.1) is 11.3 Å². The Bertz CT molecular complexity index is 871. The van der Waals surface area contributed by atoms with Gasteiger partial charge < -0.3 is 21.1 Å². The van der Waals surface area contributed by atoms with Crippen molar-refractivity contribution >= 4 is 40.1 Å². The summed E-state index contributed by atoms with van der Waals surface area (Å²) in [5.74, 6) is -0.545. The summed E-state index contributed by atoms with van der Waals surface area (Å²) in [5.41, 5.74) is 2.02. The van der Waals surface area contributed by atoms with E-state index in [0.717, 1.165) is 24.1 Å². The highest BCUT2D eigenvalue weighted by molar-refractivity contribution is 7.13. The fraction of sp³-hybridized carbons (Fsp3) is 0.400. The third-order valence-electron chi connectivity index (χ3n) is 4.12. The summed E-state index contributed by atoms with van der Waals surface area (Å²) in [6.07, 6.45) is 0.262. The van der Waals surface area contributed by atoms with Crippen molar-refractivity contribution in [3.05, 3.63) is 40.9 Å². The van der Waals surface area contributed by atoms with Crippen LogP contribution < -0.4 is 16.0 Å². The van der Waals surface area contributed by atoms with Crippen molar-refractivity contribution in [2.24, 2.45) is 5.41 Å². The normalized spacial score (nSPS) is 12.1. The van der Waals surface area contributed by atoms with Gasteiger partial charge in [-0.05, 0) is 36.0 Å². The summed E-state index contributed by atoms with van der Waals surface area (Å²) in [4.78, 5) is 38.9. The summed E-state index contributed by atoms with van der Waals surface area (Å²) in [6, 6.07) is 6.53. The maximum absolute atomic E-state index is 12.5. The molecule has 1 heterocycles. The fourth-order valence-corrected chi connectivity index (χ4v) is 3.46. The molecule has 0 aliphatic rings. The number of benzene rings is 1. The highest BCUT2D eigenvalue weighted by Crippen LogP contribution is 2.22. The number of anilines is 2. The zero-order valence-electron chi connectivity index (χ0n) is 16.9. The number of hydrogen-bond acceptors (Lipinski definition) is 5. The number of carbonyl (C=O) groups is 3. The molecule has 1 aromatic heterocycles. The van der Waals surface area contributed by atoms with Crippen molar-refractivity contribution in [1.82, 2.24) is 10.3 Å². The predicted molar refractivity (Wildman–Crippen MR) is 113 cm³/mol. The van der Waals surface area contributed by atoms with Crippen molar-refractivity contribution in [2.45, 2.75) is 46.6 Å². The van der Waals surface area contributed by atoms with Crippen LogP contribution in [-0.2, 0) is 22.4 Å². The average Bonchev–Trinajstić information content (AvgIpc) is 3.04. The lowest BCUT2D eigenvalue weighted by Gasteiger charge is -2.29. The lowest BCUT2D eigenvalue weighted by molar-refractivity contribution is -0.120. The molecule has 0 saturated carbocycles. The lowest BCUT2D eigenvalue weighted by Crippen LogP contribution is -2.51. The molecule has 0 saturated heterocycles. The van der Waals surface area contributed by atoms with Crippen LogP contribution >= 0.6 is 11.3 Å². The predicted octanol–water partition coefficient (Wildman–Crippen LogP) is 3.51. The maximum atomic E-state index is 12.5. The minimum Gasteiger partial charge on any atom is -0.465 e. The van der Waals surface area contributed by atoms with Crippen molar-refractivity contribution in [2.75, 3.05) is 10.6 Å². The number of hydrogen-bond donors (Lipinski definition) is 4. The van der Waals surface area contributed by atoms with Gasteiger partial charge in [-0.25, -0.2) is 9.78 Å². The first-order valence-electron chi connectivity index (χ1n) is 9.16. The van der Waals surface area contributed by atoms with Crippen LogP contribution in [0.4, 0.5) is 15.6 Å². The van der Waals surface area contributed by atoms with Gasteiger partial charge in [0.05, 0.1) is 5.69 Å². The minimum absolute atomic E-state index is 0.143. The van der Waals surface area contributed by atoms with Crippen LogP contribution in [0.15, 0.2) is 29.6 Å². The van der Waals surface area contributed by atoms with E-state index >= 15 is 0 Å². The Labute approximate surface area is 173 Å². The van der Waals surface area contributed by atoms with Gasteiger partial charge in [0.25, 0.3) is 0 Å². The van der Waals surface area contributed by atoms with Crippen LogP contribution in [0.1, 0.15) is 39.0 Å². The SMILES string of the molecule is CC(=O)Nc1nc(CCc2ccc(NC(=O)C(NC(=O)O)C(C)(C)C)cc2)cs1. The summed E-state index contributed by atoms with van der Waals surface area (Å²) in [6.45, 7) is 6.84. The topological polar surface area (TPSA) is 120 Å². The molecule has 2 rings (SSSR count). The number of carboxylic acid groups (broad SMARTS) is 1. The van der Waals surface area contributed by atoms with E-state index in [1.165, 1.54) is 18.3 Å². The van der Waals surface area contributed by atoms with E-state index in [1.807, 2.05) is 17.5 Å². The van der Waals surface area contributed by atoms with Gasteiger partial charge in [-0.1, -0.05) is 32.9 Å². The Hall–Kier alpha value is -2.94. The smallest absolute Gasteiger partial charge is 0.405 e. The summed E-state index contributed by atoms with van der Waals surface area (Å²) in [7, 11) is 0. The van der Waals surface area contributed by atoms with E-state index in [1.54, 1.807) is 32.9 Å². The van der Waals surface area contributed by atoms with E-state index in [9.17, 15) is 14.4 Å². The van der Waals surface area contributed by atoms with Crippen molar-refractivity contribution in [3.63, 3.8) is 0 Å². The maximum Gasteiger partial charge on any atom is 0.405 e. The van der Waals surface area contributed by atoms with Crippen LogP contribution in [0.5, 0.6) is 0 Å². The van der Waals surface area contributed by atoms with E-state index in [0.29, 0.717) is 10.8 Å². The first kappa shape index (κ1) is 22.4. The molecule has 1 aromatic carbocycles. The zero-order chi connectivity index (χ0) is 21.6. The van der Waals surface area contributed by atoms with Crippen molar-refractivity contribution in [1.29, 1.82) is 0 Å². The number of nitrogens with one attached hydrogen (secondary N) is 3. The van der Waals surface area contributed by atoms with Gasteiger partial charge in [0.1, 0.15) is 6.04 Å². The lowest BCUT2D eigenvalue weighted by atomic mass is 9.86. The second kappa shape index (κ2) is 9.51. The first-order chi connectivity index (χ1) is 13.5. The zero-order valence-corrected chi connectivity index (χ0v) is 17.7. The van der Waals surface area contributed by atoms with Crippen LogP contribution in [0.3, 0.4) is 0 Å². The quantitative estimate of drug-likeness (QED) is 0.548. The third-order valence-corrected chi connectivity index (χ3v) is 4.93. The number of amides is 3. The molecule has 8 nitrogen and oxygen atoms in total. The van der Waals surface area contributed by atoms with E-state index in [4.69, 9.17) is 5.11 Å².